The number of ether oxygens (including phenoxy) is 1. The number of esters is 1. The van der Waals surface area contributed by atoms with Crippen LogP contribution in [0.4, 0.5) is 11.4 Å². The van der Waals surface area contributed by atoms with Gasteiger partial charge in [0.2, 0.25) is 5.91 Å². The molecule has 3 aromatic rings. The molecule has 3 aromatic carbocycles. The molecule has 0 aromatic heterocycles. The number of carboxylic acid groups (broad SMARTS) is 1. The van der Waals surface area contributed by atoms with E-state index in [1.807, 2.05) is 30.3 Å². The van der Waals surface area contributed by atoms with Gasteiger partial charge in [-0.25, -0.2) is 9.59 Å². The minimum absolute atomic E-state index is 0.153. The van der Waals surface area contributed by atoms with Crippen molar-refractivity contribution in [3.8, 4) is 0 Å². The van der Waals surface area contributed by atoms with Gasteiger partial charge in [0, 0.05) is 5.69 Å². The monoisotopic (exact) mass is 428 g/mol. The first-order valence-electron chi connectivity index (χ1n) is 10.1. The summed E-state index contributed by atoms with van der Waals surface area (Å²) in [4.78, 5) is 40.9. The van der Waals surface area contributed by atoms with Crippen LogP contribution < -0.4 is 5.32 Å². The number of hydrogen-bond acceptors (Lipinski definition) is 5. The highest BCUT2D eigenvalue weighted by atomic mass is 16.5. The number of carbonyl (C=O) groups is 3. The van der Waals surface area contributed by atoms with E-state index in [1.165, 1.54) is 12.1 Å². The number of aliphatic imine (C=N–C) groups is 1. The maximum atomic E-state index is 13.0. The van der Waals surface area contributed by atoms with Crippen molar-refractivity contribution in [2.24, 2.45) is 4.99 Å². The molecule has 1 heterocycles. The number of aromatic carboxylic acids is 1. The molecule has 1 aliphatic heterocycles. The minimum Gasteiger partial charge on any atom is -0.478 e. The maximum absolute atomic E-state index is 13.0. The standard InChI is InChI=1S/C25H20N2O5/c1-2-32-25(31)17-10-13-19-20(14-17)27-23(28)21(19)22(15-6-4-3-5-7-15)26-18-11-8-16(9-12-18)24(29)30/h3-14,21H,2H2,1H3,(H,27,28)(H,29,30). The molecular formula is C25H20N2O5. The average Bonchev–Trinajstić information content (AvgIpc) is 3.13. The molecule has 1 amide bonds. The lowest BCUT2D eigenvalue weighted by atomic mass is 9.90. The minimum atomic E-state index is -1.02. The van der Waals surface area contributed by atoms with Crippen LogP contribution in [0.15, 0.2) is 77.8 Å². The van der Waals surface area contributed by atoms with Crippen LogP contribution >= 0.6 is 0 Å². The van der Waals surface area contributed by atoms with E-state index in [4.69, 9.17) is 14.8 Å². The zero-order valence-corrected chi connectivity index (χ0v) is 17.2. The molecule has 0 saturated carbocycles. The smallest absolute Gasteiger partial charge is 0.338 e. The van der Waals surface area contributed by atoms with Gasteiger partial charge < -0.3 is 15.2 Å². The summed E-state index contributed by atoms with van der Waals surface area (Å²) < 4.78 is 5.05. The third-order valence-corrected chi connectivity index (χ3v) is 5.10. The molecule has 1 aliphatic rings. The van der Waals surface area contributed by atoms with Gasteiger partial charge in [-0.3, -0.25) is 9.79 Å². The van der Waals surface area contributed by atoms with Crippen molar-refractivity contribution in [1.82, 2.24) is 0 Å². The van der Waals surface area contributed by atoms with E-state index in [0.717, 1.165) is 5.56 Å². The number of amides is 1. The number of anilines is 1. The molecule has 0 spiro atoms. The first-order valence-corrected chi connectivity index (χ1v) is 10.1. The van der Waals surface area contributed by atoms with Crippen molar-refractivity contribution >= 4 is 34.9 Å². The molecule has 160 valence electrons. The molecule has 1 unspecified atom stereocenters. The Morgan fingerprint density at radius 2 is 1.66 bits per heavy atom. The van der Waals surface area contributed by atoms with Crippen LogP contribution in [0, 0.1) is 0 Å². The number of hydrogen-bond donors (Lipinski definition) is 2. The Balaban J connectivity index is 1.78. The van der Waals surface area contributed by atoms with Gasteiger partial charge in [-0.15, -0.1) is 0 Å². The SMILES string of the molecule is CCOC(=O)c1ccc2c(c1)NC(=O)C2C(=Nc1ccc(C(=O)O)cc1)c1ccccc1. The van der Waals surface area contributed by atoms with Crippen LogP contribution in [0.2, 0.25) is 0 Å². The second-order valence-corrected chi connectivity index (χ2v) is 7.16. The van der Waals surface area contributed by atoms with Crippen molar-refractivity contribution in [2.45, 2.75) is 12.8 Å². The molecule has 7 nitrogen and oxygen atoms in total. The molecule has 0 bridgehead atoms. The van der Waals surface area contributed by atoms with Crippen molar-refractivity contribution in [3.63, 3.8) is 0 Å². The van der Waals surface area contributed by atoms with E-state index in [1.54, 1.807) is 37.3 Å². The van der Waals surface area contributed by atoms with Crippen LogP contribution in [0.3, 0.4) is 0 Å². The largest absolute Gasteiger partial charge is 0.478 e. The number of fused-ring (bicyclic) bond motifs is 1. The number of nitrogens with zero attached hydrogens (tertiary/aromatic N) is 1. The van der Waals surface area contributed by atoms with Crippen LogP contribution in [0.1, 0.15) is 44.7 Å². The summed E-state index contributed by atoms with van der Waals surface area (Å²) in [6.45, 7) is 1.99. The average molecular weight is 428 g/mol. The predicted octanol–water partition coefficient (Wildman–Crippen LogP) is 4.42. The maximum Gasteiger partial charge on any atom is 0.338 e. The Kier molecular flexibility index (Phi) is 5.81. The zero-order valence-electron chi connectivity index (χ0n) is 17.2. The van der Waals surface area contributed by atoms with E-state index in [9.17, 15) is 14.4 Å². The second kappa shape index (κ2) is 8.85. The lowest BCUT2D eigenvalue weighted by Crippen LogP contribution is -2.21. The zero-order chi connectivity index (χ0) is 22.7. The molecule has 0 fully saturated rings. The summed E-state index contributed by atoms with van der Waals surface area (Å²) in [6, 6.07) is 20.4. The molecule has 7 heteroatoms. The number of rotatable bonds is 6. The molecule has 2 N–H and O–H groups in total. The second-order valence-electron chi connectivity index (χ2n) is 7.16. The van der Waals surface area contributed by atoms with Crippen LogP contribution in [-0.4, -0.2) is 35.3 Å². The van der Waals surface area contributed by atoms with Crippen LogP contribution in [0.25, 0.3) is 0 Å². The highest BCUT2D eigenvalue weighted by molar-refractivity contribution is 6.24. The van der Waals surface area contributed by atoms with Crippen molar-refractivity contribution in [1.29, 1.82) is 0 Å². The highest BCUT2D eigenvalue weighted by Gasteiger charge is 2.36. The molecule has 0 aliphatic carbocycles. The Hall–Kier alpha value is -4.26. The third-order valence-electron chi connectivity index (χ3n) is 5.10. The molecule has 0 radical (unpaired) electrons. The fraction of sp³-hybridized carbons (Fsp3) is 0.120. The van der Waals surface area contributed by atoms with Gasteiger partial charge in [0.1, 0.15) is 5.92 Å². The highest BCUT2D eigenvalue weighted by Crippen LogP contribution is 2.37. The van der Waals surface area contributed by atoms with Crippen molar-refractivity contribution in [3.05, 3.63) is 95.1 Å². The normalized spacial score (nSPS) is 15.1. The lowest BCUT2D eigenvalue weighted by molar-refractivity contribution is -0.115. The summed E-state index contributed by atoms with van der Waals surface area (Å²) in [6.07, 6.45) is 0. The van der Waals surface area contributed by atoms with E-state index in [-0.39, 0.29) is 18.1 Å². The van der Waals surface area contributed by atoms with Gasteiger partial charge in [0.15, 0.2) is 0 Å². The molecule has 1 atom stereocenters. The molecule has 4 rings (SSSR count). The summed E-state index contributed by atoms with van der Waals surface area (Å²) in [7, 11) is 0. The van der Waals surface area contributed by atoms with E-state index in [0.29, 0.717) is 28.2 Å². The quantitative estimate of drug-likeness (QED) is 0.447. The van der Waals surface area contributed by atoms with Gasteiger partial charge in [-0.05, 0) is 54.4 Å². The third kappa shape index (κ3) is 4.13. The Labute approximate surface area is 184 Å². The Bertz CT molecular complexity index is 1220. The first kappa shape index (κ1) is 21.0. The van der Waals surface area contributed by atoms with Crippen molar-refractivity contribution < 1.29 is 24.2 Å². The van der Waals surface area contributed by atoms with Gasteiger partial charge in [0.25, 0.3) is 0 Å². The summed E-state index contributed by atoms with van der Waals surface area (Å²) in [5.74, 6) is -2.43. The van der Waals surface area contributed by atoms with E-state index in [2.05, 4.69) is 5.32 Å². The van der Waals surface area contributed by atoms with E-state index >= 15 is 0 Å². The van der Waals surface area contributed by atoms with Crippen LogP contribution in [-0.2, 0) is 9.53 Å². The summed E-state index contributed by atoms with van der Waals surface area (Å²) in [5, 5.41) is 12.0. The lowest BCUT2D eigenvalue weighted by Gasteiger charge is -2.14. The number of carbonyl (C=O) groups excluding carboxylic acids is 2. The fourth-order valence-corrected chi connectivity index (χ4v) is 3.60. The van der Waals surface area contributed by atoms with Crippen molar-refractivity contribution in [2.75, 3.05) is 11.9 Å². The Morgan fingerprint density at radius 3 is 2.31 bits per heavy atom. The summed E-state index contributed by atoms with van der Waals surface area (Å²) >= 11 is 0. The van der Waals surface area contributed by atoms with Crippen LogP contribution in [0.5, 0.6) is 0 Å². The molecular weight excluding hydrogens is 408 g/mol. The number of benzene rings is 3. The number of nitrogens with one attached hydrogen (secondary N) is 1. The molecule has 32 heavy (non-hydrogen) atoms. The van der Waals surface area contributed by atoms with Gasteiger partial charge >= 0.3 is 11.9 Å². The Morgan fingerprint density at radius 1 is 0.969 bits per heavy atom. The first-order chi connectivity index (χ1) is 15.5. The predicted molar refractivity (Wildman–Crippen MR) is 120 cm³/mol. The molecule has 0 saturated heterocycles. The van der Waals surface area contributed by atoms with Gasteiger partial charge in [-0.2, -0.15) is 0 Å². The number of carboxylic acids is 1. The fourth-order valence-electron chi connectivity index (χ4n) is 3.60. The summed E-state index contributed by atoms with van der Waals surface area (Å²) in [5.41, 5.74) is 3.56. The van der Waals surface area contributed by atoms with E-state index < -0.39 is 17.9 Å². The van der Waals surface area contributed by atoms with Gasteiger partial charge in [-0.1, -0.05) is 36.4 Å². The topological polar surface area (TPSA) is 105 Å². The van der Waals surface area contributed by atoms with Gasteiger partial charge in [0.05, 0.1) is 29.1 Å².